The number of pyridine rings is 2. The summed E-state index contributed by atoms with van der Waals surface area (Å²) in [6.07, 6.45) is 5.29. The van der Waals surface area contributed by atoms with Crippen molar-refractivity contribution >= 4 is 17.9 Å². The van der Waals surface area contributed by atoms with Crippen LogP contribution in [-0.2, 0) is 0 Å². The van der Waals surface area contributed by atoms with Crippen LogP contribution in [-0.4, -0.2) is 41.5 Å². The van der Waals surface area contributed by atoms with Gasteiger partial charge < -0.3 is 10.0 Å². The topological polar surface area (TPSA) is 73.6 Å². The van der Waals surface area contributed by atoms with Crippen LogP contribution in [0.15, 0.2) is 66.0 Å². The van der Waals surface area contributed by atoms with E-state index >= 15 is 0 Å². The molecule has 0 bridgehead atoms. The molecule has 0 unspecified atom stereocenters. The molecule has 0 atom stereocenters. The van der Waals surface area contributed by atoms with Crippen LogP contribution in [0.1, 0.15) is 11.1 Å². The summed E-state index contributed by atoms with van der Waals surface area (Å²) in [7, 11) is 1.90. The molecule has 6 heteroatoms. The smallest absolute Gasteiger partial charge is 0.149 e. The molecule has 2 heterocycles. The number of likely N-dealkylation sites (N-methyl/N-ethyl adjacent to an activating group) is 1. The number of nitrogens with zero attached hydrogens (tertiary/aromatic N) is 4. The summed E-state index contributed by atoms with van der Waals surface area (Å²) in [5, 5.41) is 13.5. The molecule has 138 valence electrons. The fourth-order valence-electron chi connectivity index (χ4n) is 2.67. The molecule has 1 aromatic carbocycles. The van der Waals surface area contributed by atoms with Gasteiger partial charge in [0.25, 0.3) is 0 Å². The average Bonchev–Trinajstić information content (AvgIpc) is 2.69. The Morgan fingerprint density at radius 3 is 2.67 bits per heavy atom. The Balaban J connectivity index is 1.87. The zero-order chi connectivity index (χ0) is 19.1. The lowest BCUT2D eigenvalue weighted by atomic mass is 10.1. The number of benzene rings is 1. The molecule has 0 amide bonds. The summed E-state index contributed by atoms with van der Waals surface area (Å²) in [5.74, 6) is 1.39. The van der Waals surface area contributed by atoms with Gasteiger partial charge in [-0.05, 0) is 47.9 Å². The van der Waals surface area contributed by atoms with E-state index in [9.17, 15) is 5.11 Å². The number of hydrazone groups is 1. The third-order valence-electron chi connectivity index (χ3n) is 4.09. The molecule has 0 aliphatic rings. The predicted molar refractivity (Wildman–Crippen MR) is 110 cm³/mol. The minimum absolute atomic E-state index is 0.0614. The van der Waals surface area contributed by atoms with Crippen LogP contribution in [0.5, 0.6) is 0 Å². The van der Waals surface area contributed by atoms with E-state index in [1.807, 2.05) is 61.3 Å². The van der Waals surface area contributed by atoms with Gasteiger partial charge in [-0.15, -0.1) is 0 Å². The van der Waals surface area contributed by atoms with Crippen molar-refractivity contribution in [3.05, 3.63) is 72.1 Å². The van der Waals surface area contributed by atoms with Crippen molar-refractivity contribution < 1.29 is 5.11 Å². The molecule has 3 aromatic rings. The quantitative estimate of drug-likeness (QED) is 0.499. The van der Waals surface area contributed by atoms with Gasteiger partial charge in [0.15, 0.2) is 0 Å². The number of aryl methyl sites for hydroxylation is 1. The van der Waals surface area contributed by atoms with Gasteiger partial charge in [0.05, 0.1) is 12.8 Å². The first-order chi connectivity index (χ1) is 13.2. The number of aliphatic hydroxyl groups excluding tert-OH is 1. The van der Waals surface area contributed by atoms with E-state index in [-0.39, 0.29) is 6.61 Å². The lowest BCUT2D eigenvalue weighted by Gasteiger charge is -2.18. The lowest BCUT2D eigenvalue weighted by Crippen LogP contribution is -2.22. The second-order valence-electron chi connectivity index (χ2n) is 6.26. The Hall–Kier alpha value is -3.25. The number of aromatic nitrogens is 2. The Bertz CT molecular complexity index is 911. The molecular formula is C21H23N5O. The molecule has 0 radical (unpaired) electrons. The van der Waals surface area contributed by atoms with Crippen molar-refractivity contribution in [1.82, 2.24) is 9.97 Å². The number of anilines is 2. The Kier molecular flexibility index (Phi) is 6.12. The first-order valence-corrected chi connectivity index (χ1v) is 8.76. The summed E-state index contributed by atoms with van der Waals surface area (Å²) in [4.78, 5) is 10.6. The number of aliphatic hydroxyl groups is 1. The minimum atomic E-state index is 0.0614. The highest BCUT2D eigenvalue weighted by atomic mass is 16.3. The van der Waals surface area contributed by atoms with Crippen LogP contribution >= 0.6 is 0 Å². The molecule has 0 fully saturated rings. The second-order valence-corrected chi connectivity index (χ2v) is 6.26. The van der Waals surface area contributed by atoms with E-state index in [1.54, 1.807) is 18.6 Å². The molecule has 6 nitrogen and oxygen atoms in total. The first kappa shape index (κ1) is 18.5. The molecule has 3 rings (SSSR count). The highest BCUT2D eigenvalue weighted by Crippen LogP contribution is 2.25. The number of rotatable bonds is 7. The molecule has 0 spiro atoms. The maximum absolute atomic E-state index is 9.23. The van der Waals surface area contributed by atoms with Gasteiger partial charge in [0.1, 0.15) is 11.6 Å². The summed E-state index contributed by atoms with van der Waals surface area (Å²) in [6, 6.07) is 15.9. The molecule has 0 saturated heterocycles. The van der Waals surface area contributed by atoms with Gasteiger partial charge in [-0.1, -0.05) is 29.8 Å². The van der Waals surface area contributed by atoms with Gasteiger partial charge in [-0.25, -0.2) is 4.98 Å². The molecule has 2 N–H and O–H groups in total. The molecule has 0 aliphatic carbocycles. The SMILES string of the molecule is Cc1cccc(/C=N/Nc2cc(-c3ccncc3)cc(N(C)CCO)n2)c1. The van der Waals surface area contributed by atoms with Crippen molar-refractivity contribution in [2.45, 2.75) is 6.92 Å². The van der Waals surface area contributed by atoms with Crippen LogP contribution in [0.2, 0.25) is 0 Å². The van der Waals surface area contributed by atoms with Gasteiger partial charge >= 0.3 is 0 Å². The van der Waals surface area contributed by atoms with E-state index in [1.165, 1.54) is 5.56 Å². The zero-order valence-corrected chi connectivity index (χ0v) is 15.5. The summed E-state index contributed by atoms with van der Waals surface area (Å²) >= 11 is 0. The monoisotopic (exact) mass is 361 g/mol. The first-order valence-electron chi connectivity index (χ1n) is 8.76. The third-order valence-corrected chi connectivity index (χ3v) is 4.09. The van der Waals surface area contributed by atoms with Crippen LogP contribution in [0.25, 0.3) is 11.1 Å². The molecule has 0 aliphatic heterocycles. The predicted octanol–water partition coefficient (Wildman–Crippen LogP) is 3.33. The van der Waals surface area contributed by atoms with E-state index in [0.717, 1.165) is 22.5 Å². The third kappa shape index (κ3) is 5.12. The summed E-state index contributed by atoms with van der Waals surface area (Å²) in [6.45, 7) is 2.61. The fourth-order valence-corrected chi connectivity index (χ4v) is 2.67. The number of hydrogen-bond donors (Lipinski definition) is 2. The second kappa shape index (κ2) is 8.91. The minimum Gasteiger partial charge on any atom is -0.395 e. The number of hydrogen-bond acceptors (Lipinski definition) is 6. The Morgan fingerprint density at radius 1 is 1.11 bits per heavy atom. The fraction of sp³-hybridized carbons (Fsp3) is 0.190. The van der Waals surface area contributed by atoms with E-state index < -0.39 is 0 Å². The van der Waals surface area contributed by atoms with Gasteiger partial charge in [-0.2, -0.15) is 5.10 Å². The zero-order valence-electron chi connectivity index (χ0n) is 15.5. The molecule has 27 heavy (non-hydrogen) atoms. The maximum atomic E-state index is 9.23. The number of nitrogens with one attached hydrogen (secondary N) is 1. The maximum Gasteiger partial charge on any atom is 0.149 e. The van der Waals surface area contributed by atoms with Crippen molar-refractivity contribution in [3.63, 3.8) is 0 Å². The van der Waals surface area contributed by atoms with Crippen molar-refractivity contribution in [3.8, 4) is 11.1 Å². The van der Waals surface area contributed by atoms with Gasteiger partial charge in [-0.3, -0.25) is 10.4 Å². The van der Waals surface area contributed by atoms with Gasteiger partial charge in [0.2, 0.25) is 0 Å². The highest BCUT2D eigenvalue weighted by Gasteiger charge is 2.08. The Morgan fingerprint density at radius 2 is 1.93 bits per heavy atom. The van der Waals surface area contributed by atoms with Crippen LogP contribution in [0, 0.1) is 6.92 Å². The molecule has 2 aromatic heterocycles. The van der Waals surface area contributed by atoms with Crippen LogP contribution in [0.3, 0.4) is 0 Å². The highest BCUT2D eigenvalue weighted by molar-refractivity contribution is 5.80. The molecular weight excluding hydrogens is 338 g/mol. The normalized spacial score (nSPS) is 10.9. The van der Waals surface area contributed by atoms with Gasteiger partial charge in [0, 0.05) is 26.0 Å². The van der Waals surface area contributed by atoms with Crippen LogP contribution < -0.4 is 10.3 Å². The Labute approximate surface area is 159 Å². The van der Waals surface area contributed by atoms with E-state index in [4.69, 9.17) is 0 Å². The lowest BCUT2D eigenvalue weighted by molar-refractivity contribution is 0.304. The van der Waals surface area contributed by atoms with E-state index in [2.05, 4.69) is 26.6 Å². The standard InChI is InChI=1S/C21H23N5O/c1-16-4-3-5-17(12-16)15-23-25-20-13-19(18-6-8-22-9-7-18)14-21(24-20)26(2)10-11-27/h3-9,12-15,27H,10-11H2,1-2H3,(H,24,25)/b23-15+. The van der Waals surface area contributed by atoms with Crippen molar-refractivity contribution in [2.75, 3.05) is 30.5 Å². The largest absolute Gasteiger partial charge is 0.395 e. The van der Waals surface area contributed by atoms with Crippen LogP contribution in [0.4, 0.5) is 11.6 Å². The average molecular weight is 361 g/mol. The summed E-state index contributed by atoms with van der Waals surface area (Å²) in [5.41, 5.74) is 7.26. The molecule has 0 saturated carbocycles. The summed E-state index contributed by atoms with van der Waals surface area (Å²) < 4.78 is 0. The van der Waals surface area contributed by atoms with E-state index in [0.29, 0.717) is 12.4 Å². The van der Waals surface area contributed by atoms with Crippen molar-refractivity contribution in [1.29, 1.82) is 0 Å². The van der Waals surface area contributed by atoms with Crippen molar-refractivity contribution in [2.24, 2.45) is 5.10 Å².